The Morgan fingerprint density at radius 2 is 2.00 bits per heavy atom. The number of carbonyl (C=O) groups is 2. The third-order valence-corrected chi connectivity index (χ3v) is 2.03. The van der Waals surface area contributed by atoms with Gasteiger partial charge in [-0.25, -0.2) is 4.79 Å². The first-order valence-electron chi connectivity index (χ1n) is 4.67. The molecule has 0 saturated carbocycles. The molecule has 0 atom stereocenters. The molecule has 0 spiro atoms. The van der Waals surface area contributed by atoms with Crippen LogP contribution in [-0.4, -0.2) is 55.6 Å². The van der Waals surface area contributed by atoms with E-state index >= 15 is 0 Å². The molecule has 5 nitrogen and oxygen atoms in total. The van der Waals surface area contributed by atoms with E-state index in [9.17, 15) is 9.59 Å². The molecule has 0 bridgehead atoms. The summed E-state index contributed by atoms with van der Waals surface area (Å²) in [6.45, 7) is 1.26. The molecule has 1 heterocycles. The molecule has 1 amide bonds. The monoisotopic (exact) mass is 200 g/mol. The molecule has 80 valence electrons. The third-order valence-electron chi connectivity index (χ3n) is 2.03. The molecule has 0 aromatic heterocycles. The van der Waals surface area contributed by atoms with Crippen LogP contribution >= 0.6 is 0 Å². The summed E-state index contributed by atoms with van der Waals surface area (Å²) in [6.07, 6.45) is 0.583. The molecule has 0 radical (unpaired) electrons. The third kappa shape index (κ3) is 3.33. The number of nitrogens with zero attached hydrogens (tertiary/aromatic N) is 2. The van der Waals surface area contributed by atoms with Gasteiger partial charge in [-0.05, 0) is 14.1 Å². The molecule has 0 aromatic rings. The van der Waals surface area contributed by atoms with E-state index < -0.39 is 0 Å². The number of piperidine rings is 1. The summed E-state index contributed by atoms with van der Waals surface area (Å²) in [6, 6.07) is 0. The SMILES string of the molecule is CN(C)COC(=O)N1CCC(=O)CC1. The average molecular weight is 200 g/mol. The number of Topliss-reactive ketones (excluding diaryl/α,β-unsaturated/α-hetero) is 1. The highest BCUT2D eigenvalue weighted by molar-refractivity contribution is 5.81. The first-order chi connectivity index (χ1) is 6.59. The van der Waals surface area contributed by atoms with Gasteiger partial charge in [0.1, 0.15) is 12.5 Å². The van der Waals surface area contributed by atoms with E-state index in [0.29, 0.717) is 25.9 Å². The standard InChI is InChI=1S/C9H16N2O3/c1-10(2)7-14-9(13)11-5-3-8(12)4-6-11/h3-7H2,1-2H3. The summed E-state index contributed by atoms with van der Waals surface area (Å²) < 4.78 is 4.98. The minimum absolute atomic E-state index is 0.224. The number of ketones is 1. The summed E-state index contributed by atoms with van der Waals surface area (Å²) in [5, 5.41) is 0. The average Bonchev–Trinajstić information content (AvgIpc) is 2.15. The molecule has 1 aliphatic rings. The predicted octanol–water partition coefficient (Wildman–Crippen LogP) is 0.307. The zero-order valence-electron chi connectivity index (χ0n) is 8.65. The fourth-order valence-electron chi connectivity index (χ4n) is 1.21. The Morgan fingerprint density at radius 3 is 2.50 bits per heavy atom. The van der Waals surface area contributed by atoms with Gasteiger partial charge in [-0.15, -0.1) is 0 Å². The van der Waals surface area contributed by atoms with Gasteiger partial charge in [0.2, 0.25) is 0 Å². The van der Waals surface area contributed by atoms with Crippen LogP contribution < -0.4 is 0 Å². The van der Waals surface area contributed by atoms with E-state index in [4.69, 9.17) is 4.74 Å². The topological polar surface area (TPSA) is 49.9 Å². The number of hydrogen-bond acceptors (Lipinski definition) is 4. The molecule has 0 unspecified atom stereocenters. The molecule has 1 saturated heterocycles. The highest BCUT2D eigenvalue weighted by Crippen LogP contribution is 2.06. The van der Waals surface area contributed by atoms with E-state index in [0.717, 1.165) is 0 Å². The summed E-state index contributed by atoms with van der Waals surface area (Å²) in [7, 11) is 3.65. The van der Waals surface area contributed by atoms with Gasteiger partial charge < -0.3 is 9.64 Å². The van der Waals surface area contributed by atoms with Crippen molar-refractivity contribution in [3.05, 3.63) is 0 Å². The molecule has 0 N–H and O–H groups in total. The molecule has 1 aliphatic heterocycles. The van der Waals surface area contributed by atoms with E-state index in [1.54, 1.807) is 9.80 Å². The van der Waals surface area contributed by atoms with Crippen LogP contribution in [0.25, 0.3) is 0 Å². The highest BCUT2D eigenvalue weighted by Gasteiger charge is 2.21. The lowest BCUT2D eigenvalue weighted by molar-refractivity contribution is -0.121. The van der Waals surface area contributed by atoms with Crippen molar-refractivity contribution in [3.8, 4) is 0 Å². The zero-order chi connectivity index (χ0) is 10.6. The Bertz CT molecular complexity index is 218. The number of ether oxygens (including phenoxy) is 1. The number of rotatable bonds is 2. The molecule has 1 fully saturated rings. The van der Waals surface area contributed by atoms with Crippen LogP contribution in [-0.2, 0) is 9.53 Å². The van der Waals surface area contributed by atoms with Crippen LogP contribution in [0.2, 0.25) is 0 Å². The summed E-state index contributed by atoms with van der Waals surface area (Å²) in [5.74, 6) is 0.224. The van der Waals surface area contributed by atoms with Crippen LogP contribution in [0, 0.1) is 0 Å². The summed E-state index contributed by atoms with van der Waals surface area (Å²) in [5.41, 5.74) is 0. The second-order valence-electron chi connectivity index (χ2n) is 3.64. The molecule has 0 aliphatic carbocycles. The van der Waals surface area contributed by atoms with Crippen LogP contribution in [0.15, 0.2) is 0 Å². The lowest BCUT2D eigenvalue weighted by atomic mass is 10.1. The Hall–Kier alpha value is -1.10. The van der Waals surface area contributed by atoms with Crippen molar-refractivity contribution in [2.24, 2.45) is 0 Å². The van der Waals surface area contributed by atoms with Gasteiger partial charge in [-0.1, -0.05) is 0 Å². The van der Waals surface area contributed by atoms with Gasteiger partial charge >= 0.3 is 6.09 Å². The van der Waals surface area contributed by atoms with E-state index in [1.807, 2.05) is 14.1 Å². The van der Waals surface area contributed by atoms with Gasteiger partial charge in [0.15, 0.2) is 0 Å². The zero-order valence-corrected chi connectivity index (χ0v) is 8.65. The molecule has 5 heteroatoms. The van der Waals surface area contributed by atoms with Crippen molar-refractivity contribution in [3.63, 3.8) is 0 Å². The fraction of sp³-hybridized carbons (Fsp3) is 0.778. The Labute approximate surface area is 83.6 Å². The normalized spacial score (nSPS) is 17.4. The van der Waals surface area contributed by atoms with Crippen LogP contribution in [0.3, 0.4) is 0 Å². The first kappa shape index (κ1) is 11.0. The fourth-order valence-corrected chi connectivity index (χ4v) is 1.21. The summed E-state index contributed by atoms with van der Waals surface area (Å²) >= 11 is 0. The van der Waals surface area contributed by atoms with E-state index in [1.165, 1.54) is 0 Å². The maximum atomic E-state index is 11.4. The van der Waals surface area contributed by atoms with Crippen molar-refractivity contribution in [2.45, 2.75) is 12.8 Å². The van der Waals surface area contributed by atoms with Gasteiger partial charge in [0.25, 0.3) is 0 Å². The Kier molecular flexibility index (Phi) is 3.88. The van der Waals surface area contributed by atoms with Crippen molar-refractivity contribution >= 4 is 11.9 Å². The lowest BCUT2D eigenvalue weighted by Crippen LogP contribution is -2.40. The smallest absolute Gasteiger partial charge is 0.411 e. The van der Waals surface area contributed by atoms with Crippen LogP contribution in [0.1, 0.15) is 12.8 Å². The minimum Gasteiger partial charge on any atom is -0.433 e. The van der Waals surface area contributed by atoms with E-state index in [-0.39, 0.29) is 18.6 Å². The second-order valence-corrected chi connectivity index (χ2v) is 3.64. The summed E-state index contributed by atoms with van der Waals surface area (Å²) in [4.78, 5) is 25.6. The minimum atomic E-state index is -0.328. The van der Waals surface area contributed by atoms with Crippen LogP contribution in [0.5, 0.6) is 0 Å². The second kappa shape index (κ2) is 4.95. The molecule has 1 rings (SSSR count). The maximum absolute atomic E-state index is 11.4. The highest BCUT2D eigenvalue weighted by atomic mass is 16.6. The molecule has 14 heavy (non-hydrogen) atoms. The largest absolute Gasteiger partial charge is 0.433 e. The number of amides is 1. The Balaban J connectivity index is 2.27. The van der Waals surface area contributed by atoms with Crippen molar-refractivity contribution < 1.29 is 14.3 Å². The molecule has 0 aromatic carbocycles. The maximum Gasteiger partial charge on any atom is 0.411 e. The first-order valence-corrected chi connectivity index (χ1v) is 4.67. The van der Waals surface area contributed by atoms with Crippen LogP contribution in [0.4, 0.5) is 4.79 Å². The number of carbonyl (C=O) groups excluding carboxylic acids is 2. The quantitative estimate of drug-likeness (QED) is 0.602. The van der Waals surface area contributed by atoms with Crippen molar-refractivity contribution in [2.75, 3.05) is 33.9 Å². The molecular weight excluding hydrogens is 184 g/mol. The van der Waals surface area contributed by atoms with Gasteiger partial charge in [-0.2, -0.15) is 0 Å². The van der Waals surface area contributed by atoms with E-state index in [2.05, 4.69) is 0 Å². The number of likely N-dealkylation sites (tertiary alicyclic amines) is 1. The van der Waals surface area contributed by atoms with Gasteiger partial charge in [0.05, 0.1) is 0 Å². The van der Waals surface area contributed by atoms with Gasteiger partial charge in [-0.3, -0.25) is 9.69 Å². The predicted molar refractivity (Wildman–Crippen MR) is 50.8 cm³/mol. The van der Waals surface area contributed by atoms with Crippen molar-refractivity contribution in [1.29, 1.82) is 0 Å². The Morgan fingerprint density at radius 1 is 1.43 bits per heavy atom. The van der Waals surface area contributed by atoms with Crippen molar-refractivity contribution in [1.82, 2.24) is 9.80 Å². The lowest BCUT2D eigenvalue weighted by Gasteiger charge is -2.25. The van der Waals surface area contributed by atoms with Gasteiger partial charge in [0, 0.05) is 25.9 Å². The molecular formula is C9H16N2O3. The number of hydrogen-bond donors (Lipinski definition) is 0.